The summed E-state index contributed by atoms with van der Waals surface area (Å²) in [4.78, 5) is 22.6. The summed E-state index contributed by atoms with van der Waals surface area (Å²) in [5.74, 6) is 1.41. The minimum absolute atomic E-state index is 0.238. The van der Waals surface area contributed by atoms with Gasteiger partial charge in [0.25, 0.3) is 0 Å². The van der Waals surface area contributed by atoms with Crippen molar-refractivity contribution in [1.82, 2.24) is 14.9 Å². The summed E-state index contributed by atoms with van der Waals surface area (Å²) < 4.78 is 6.11. The average molecular weight is 322 g/mol. The van der Waals surface area contributed by atoms with Gasteiger partial charge in [0.1, 0.15) is 5.60 Å². The van der Waals surface area contributed by atoms with Crippen molar-refractivity contribution in [3.8, 4) is 0 Å². The summed E-state index contributed by atoms with van der Waals surface area (Å²) in [6, 6.07) is 0. The van der Waals surface area contributed by atoms with Gasteiger partial charge >= 0.3 is 0 Å². The number of piperidine rings is 1. The van der Waals surface area contributed by atoms with Crippen molar-refractivity contribution in [1.29, 1.82) is 0 Å². The molecule has 0 radical (unpaired) electrons. The van der Waals surface area contributed by atoms with Crippen LogP contribution in [0.4, 0.5) is 5.95 Å². The molecule has 0 bridgehead atoms. The van der Waals surface area contributed by atoms with Gasteiger partial charge in [-0.2, -0.15) is 11.8 Å². The van der Waals surface area contributed by atoms with Crippen LogP contribution in [0, 0.1) is 0 Å². The highest BCUT2D eigenvalue weighted by Crippen LogP contribution is 2.40. The molecule has 1 spiro atoms. The zero-order chi connectivity index (χ0) is 15.6. The van der Waals surface area contributed by atoms with Gasteiger partial charge in [0.2, 0.25) is 11.9 Å². The molecule has 1 amide bonds. The Morgan fingerprint density at radius 1 is 1.50 bits per heavy atom. The highest BCUT2D eigenvalue weighted by atomic mass is 32.2. The number of nitrogens with zero attached hydrogens (tertiary/aromatic N) is 3. The van der Waals surface area contributed by atoms with E-state index in [-0.39, 0.29) is 11.5 Å². The van der Waals surface area contributed by atoms with Gasteiger partial charge in [-0.05, 0) is 31.1 Å². The molecule has 0 unspecified atom stereocenters. The van der Waals surface area contributed by atoms with Crippen molar-refractivity contribution in [2.75, 3.05) is 37.4 Å². The maximum atomic E-state index is 12.2. The number of anilines is 1. The predicted octanol–water partition coefficient (Wildman–Crippen LogP) is 1.20. The van der Waals surface area contributed by atoms with Crippen LogP contribution in [-0.2, 0) is 21.6 Å². The molecule has 6 nitrogen and oxygen atoms in total. The number of thioether (sulfide) groups is 1. The number of nitrogen functional groups attached to an aromatic ring is 1. The van der Waals surface area contributed by atoms with Gasteiger partial charge in [0.05, 0.1) is 12.3 Å². The quantitative estimate of drug-likeness (QED) is 0.900. The molecule has 1 saturated heterocycles. The van der Waals surface area contributed by atoms with Gasteiger partial charge in [-0.25, -0.2) is 9.97 Å². The number of carbonyl (C=O) groups is 1. The first-order valence-corrected chi connectivity index (χ1v) is 9.06. The lowest BCUT2D eigenvalue weighted by atomic mass is 9.83. The largest absolute Gasteiger partial charge is 0.368 e. The Bertz CT molecular complexity index is 558. The number of likely N-dealkylation sites (tertiary alicyclic amines) is 1. The Balaban J connectivity index is 1.73. The zero-order valence-corrected chi connectivity index (χ0v) is 13.7. The maximum Gasteiger partial charge on any atom is 0.223 e. The molecule has 2 aliphatic heterocycles. The fraction of sp³-hybridized carbons (Fsp3) is 0.667. The second-order valence-electron chi connectivity index (χ2n) is 5.82. The first kappa shape index (κ1) is 15.6. The van der Waals surface area contributed by atoms with E-state index in [0.29, 0.717) is 19.0 Å². The maximum absolute atomic E-state index is 12.2. The summed E-state index contributed by atoms with van der Waals surface area (Å²) in [6.07, 6.45) is 6.84. The second-order valence-corrected chi connectivity index (χ2v) is 6.80. The number of ether oxygens (including phenoxy) is 1. The van der Waals surface area contributed by atoms with Gasteiger partial charge in [0, 0.05) is 31.5 Å². The van der Waals surface area contributed by atoms with Gasteiger partial charge < -0.3 is 15.4 Å². The van der Waals surface area contributed by atoms with Crippen LogP contribution in [0.15, 0.2) is 6.20 Å². The molecular weight excluding hydrogens is 300 g/mol. The zero-order valence-electron chi connectivity index (χ0n) is 12.9. The molecular formula is C15H22N4O2S. The van der Waals surface area contributed by atoms with E-state index < -0.39 is 0 Å². The van der Waals surface area contributed by atoms with Gasteiger partial charge in [-0.1, -0.05) is 0 Å². The molecule has 0 atom stereocenters. The third-order valence-electron chi connectivity index (χ3n) is 4.51. The molecule has 1 aromatic heterocycles. The number of nitrogens with two attached hydrogens (primary N) is 1. The minimum Gasteiger partial charge on any atom is -0.368 e. The molecule has 2 aliphatic rings. The van der Waals surface area contributed by atoms with Crippen LogP contribution < -0.4 is 5.73 Å². The summed E-state index contributed by atoms with van der Waals surface area (Å²) in [6.45, 7) is 2.12. The fourth-order valence-corrected chi connectivity index (χ4v) is 3.65. The predicted molar refractivity (Wildman–Crippen MR) is 86.6 cm³/mol. The molecule has 3 rings (SSSR count). The van der Waals surface area contributed by atoms with Crippen LogP contribution in [0.25, 0.3) is 0 Å². The average Bonchev–Trinajstić information content (AvgIpc) is 2.54. The molecule has 22 heavy (non-hydrogen) atoms. The SMILES string of the molecule is CSCCC(=O)N1CCC2(CC1)OCCc1cnc(N)nc12. The van der Waals surface area contributed by atoms with Crippen molar-refractivity contribution in [2.45, 2.75) is 31.3 Å². The normalized spacial score (nSPS) is 20.0. The monoisotopic (exact) mass is 322 g/mol. The standard InChI is InChI=1S/C15H22N4O2S/c1-22-9-3-12(20)19-6-4-15(5-7-19)13-11(2-8-21-15)10-17-14(16)18-13/h10H,2-9H2,1H3,(H2,16,17,18). The highest BCUT2D eigenvalue weighted by molar-refractivity contribution is 7.98. The number of hydrogen-bond donors (Lipinski definition) is 1. The molecule has 1 aromatic rings. The van der Waals surface area contributed by atoms with Crippen molar-refractivity contribution in [2.24, 2.45) is 0 Å². The topological polar surface area (TPSA) is 81.3 Å². The van der Waals surface area contributed by atoms with Gasteiger partial charge in [0.15, 0.2) is 0 Å². The third kappa shape index (κ3) is 2.92. The summed E-state index contributed by atoms with van der Waals surface area (Å²) in [5, 5.41) is 0. The van der Waals surface area contributed by atoms with Crippen LogP contribution in [0.1, 0.15) is 30.5 Å². The number of hydrogen-bond acceptors (Lipinski definition) is 6. The van der Waals surface area contributed by atoms with E-state index in [2.05, 4.69) is 9.97 Å². The van der Waals surface area contributed by atoms with Crippen molar-refractivity contribution >= 4 is 23.6 Å². The van der Waals surface area contributed by atoms with Crippen LogP contribution in [0.5, 0.6) is 0 Å². The molecule has 0 aliphatic carbocycles. The molecule has 120 valence electrons. The van der Waals surface area contributed by atoms with E-state index in [4.69, 9.17) is 10.5 Å². The first-order valence-electron chi connectivity index (χ1n) is 7.67. The van der Waals surface area contributed by atoms with Gasteiger partial charge in [-0.3, -0.25) is 4.79 Å². The molecule has 7 heteroatoms. The lowest BCUT2D eigenvalue weighted by molar-refractivity contribution is -0.140. The summed E-state index contributed by atoms with van der Waals surface area (Å²) in [5.41, 5.74) is 7.43. The van der Waals surface area contributed by atoms with Crippen LogP contribution in [0.3, 0.4) is 0 Å². The minimum atomic E-state index is -0.388. The first-order chi connectivity index (χ1) is 10.6. The van der Waals surface area contributed by atoms with Crippen LogP contribution >= 0.6 is 11.8 Å². The van der Waals surface area contributed by atoms with E-state index in [1.165, 1.54) is 0 Å². The van der Waals surface area contributed by atoms with Crippen molar-refractivity contribution in [3.63, 3.8) is 0 Å². The molecule has 1 fully saturated rings. The number of rotatable bonds is 3. The summed E-state index contributed by atoms with van der Waals surface area (Å²) in [7, 11) is 0. The molecule has 0 saturated carbocycles. The van der Waals surface area contributed by atoms with E-state index in [1.807, 2.05) is 17.4 Å². The number of aromatic nitrogens is 2. The van der Waals surface area contributed by atoms with E-state index in [9.17, 15) is 4.79 Å². The second kappa shape index (κ2) is 6.42. The number of fused-ring (bicyclic) bond motifs is 2. The van der Waals surface area contributed by atoms with Gasteiger partial charge in [-0.15, -0.1) is 0 Å². The Hall–Kier alpha value is -1.34. The molecule has 2 N–H and O–H groups in total. The number of carbonyl (C=O) groups excluding carboxylic acids is 1. The van der Waals surface area contributed by atoms with Crippen molar-refractivity contribution < 1.29 is 9.53 Å². The molecule has 3 heterocycles. The summed E-state index contributed by atoms with van der Waals surface area (Å²) >= 11 is 1.70. The van der Waals surface area contributed by atoms with E-state index in [0.717, 1.165) is 49.4 Å². The van der Waals surface area contributed by atoms with Crippen LogP contribution in [-0.4, -0.2) is 52.5 Å². The Morgan fingerprint density at radius 3 is 3.00 bits per heavy atom. The smallest absolute Gasteiger partial charge is 0.223 e. The van der Waals surface area contributed by atoms with E-state index >= 15 is 0 Å². The lowest BCUT2D eigenvalue weighted by Gasteiger charge is -2.44. The third-order valence-corrected chi connectivity index (χ3v) is 5.12. The number of amides is 1. The highest BCUT2D eigenvalue weighted by Gasteiger charge is 2.43. The fourth-order valence-electron chi connectivity index (χ4n) is 3.27. The van der Waals surface area contributed by atoms with Crippen molar-refractivity contribution in [3.05, 3.63) is 17.5 Å². The molecule has 0 aromatic carbocycles. The Morgan fingerprint density at radius 2 is 2.27 bits per heavy atom. The Kier molecular flexibility index (Phi) is 4.54. The van der Waals surface area contributed by atoms with Crippen LogP contribution in [0.2, 0.25) is 0 Å². The van der Waals surface area contributed by atoms with E-state index in [1.54, 1.807) is 11.8 Å². The lowest BCUT2D eigenvalue weighted by Crippen LogP contribution is -2.49. The Labute approximate surface area is 134 Å².